The number of piperidine rings is 1. The number of hydrogen-bond donors (Lipinski definition) is 3. The van der Waals surface area contributed by atoms with E-state index in [9.17, 15) is 9.90 Å². The fraction of sp³-hybridized carbons (Fsp3) is 0.500. The molecule has 92 valence electrons. The summed E-state index contributed by atoms with van der Waals surface area (Å²) in [6.45, 7) is 1.61. The molecule has 3 N–H and O–H groups in total. The van der Waals surface area contributed by atoms with Crippen LogP contribution in [0.25, 0.3) is 0 Å². The van der Waals surface area contributed by atoms with Crippen molar-refractivity contribution >= 4 is 5.91 Å². The van der Waals surface area contributed by atoms with Crippen LogP contribution in [-0.4, -0.2) is 35.1 Å². The molecule has 1 atom stereocenters. The fourth-order valence-corrected chi connectivity index (χ4v) is 1.99. The molecule has 1 amide bonds. The van der Waals surface area contributed by atoms with E-state index in [-0.39, 0.29) is 17.2 Å². The van der Waals surface area contributed by atoms with Gasteiger partial charge in [-0.25, -0.2) is 0 Å². The number of aromatic nitrogens is 1. The molecule has 2 rings (SSSR count). The van der Waals surface area contributed by atoms with Gasteiger partial charge in [0.1, 0.15) is 5.75 Å². The average molecular weight is 235 g/mol. The van der Waals surface area contributed by atoms with Gasteiger partial charge in [0.25, 0.3) is 5.91 Å². The van der Waals surface area contributed by atoms with Crippen molar-refractivity contribution in [1.82, 2.24) is 15.6 Å². The van der Waals surface area contributed by atoms with Crippen molar-refractivity contribution in [1.29, 1.82) is 0 Å². The van der Waals surface area contributed by atoms with E-state index in [0.29, 0.717) is 12.6 Å². The Morgan fingerprint density at radius 3 is 3.18 bits per heavy atom. The van der Waals surface area contributed by atoms with E-state index in [4.69, 9.17) is 0 Å². The maximum atomic E-state index is 11.8. The number of nitrogens with zero attached hydrogens (tertiary/aromatic N) is 1. The topological polar surface area (TPSA) is 74.2 Å². The van der Waals surface area contributed by atoms with Crippen LogP contribution in [0.2, 0.25) is 0 Å². The van der Waals surface area contributed by atoms with E-state index in [1.807, 2.05) is 0 Å². The van der Waals surface area contributed by atoms with Crippen molar-refractivity contribution in [2.24, 2.45) is 0 Å². The van der Waals surface area contributed by atoms with Gasteiger partial charge >= 0.3 is 0 Å². The fourth-order valence-electron chi connectivity index (χ4n) is 1.99. The highest BCUT2D eigenvalue weighted by Crippen LogP contribution is 2.13. The number of carbonyl (C=O) groups excluding carboxylic acids is 1. The van der Waals surface area contributed by atoms with Gasteiger partial charge in [-0.2, -0.15) is 0 Å². The third-order valence-electron chi connectivity index (χ3n) is 2.97. The van der Waals surface area contributed by atoms with Crippen LogP contribution in [0.3, 0.4) is 0 Å². The lowest BCUT2D eigenvalue weighted by atomic mass is 10.1. The minimum atomic E-state index is -0.253. The highest BCUT2D eigenvalue weighted by Gasteiger charge is 2.15. The smallest absolute Gasteiger partial charge is 0.255 e. The summed E-state index contributed by atoms with van der Waals surface area (Å²) in [6, 6.07) is 1.86. The highest BCUT2D eigenvalue weighted by molar-refractivity contribution is 5.96. The van der Waals surface area contributed by atoms with Crippen molar-refractivity contribution in [3.63, 3.8) is 0 Å². The Morgan fingerprint density at radius 1 is 1.59 bits per heavy atom. The molecule has 1 aromatic rings. The lowest BCUT2D eigenvalue weighted by Crippen LogP contribution is -2.43. The first-order valence-corrected chi connectivity index (χ1v) is 5.92. The van der Waals surface area contributed by atoms with Crippen molar-refractivity contribution in [2.45, 2.75) is 25.3 Å². The Kier molecular flexibility index (Phi) is 3.93. The molecule has 1 fully saturated rings. The SMILES string of the molecule is O=C(NCC1CCCCN1)c1ccncc1O. The second-order valence-corrected chi connectivity index (χ2v) is 4.25. The zero-order valence-electron chi connectivity index (χ0n) is 9.65. The molecule has 1 saturated heterocycles. The van der Waals surface area contributed by atoms with Crippen LogP contribution in [0.4, 0.5) is 0 Å². The summed E-state index contributed by atoms with van der Waals surface area (Å²) < 4.78 is 0. The van der Waals surface area contributed by atoms with Gasteiger partial charge in [0, 0.05) is 18.8 Å². The Hall–Kier alpha value is -1.62. The summed E-state index contributed by atoms with van der Waals surface area (Å²) in [5.74, 6) is -0.334. The first-order valence-electron chi connectivity index (χ1n) is 5.92. The maximum absolute atomic E-state index is 11.8. The first kappa shape index (κ1) is 11.9. The molecule has 1 aliphatic heterocycles. The first-order chi connectivity index (χ1) is 8.27. The van der Waals surface area contributed by atoms with Gasteiger partial charge < -0.3 is 15.7 Å². The number of amides is 1. The molecule has 2 heterocycles. The standard InChI is InChI=1S/C12H17N3O2/c16-11-8-13-6-4-10(11)12(17)15-7-9-3-1-2-5-14-9/h4,6,8-9,14,16H,1-3,5,7H2,(H,15,17). The van der Waals surface area contributed by atoms with Gasteiger partial charge in [0.15, 0.2) is 0 Å². The van der Waals surface area contributed by atoms with Crippen molar-refractivity contribution in [3.05, 3.63) is 24.0 Å². The summed E-state index contributed by atoms with van der Waals surface area (Å²) in [7, 11) is 0. The van der Waals surface area contributed by atoms with E-state index in [1.54, 1.807) is 0 Å². The lowest BCUT2D eigenvalue weighted by molar-refractivity contribution is 0.0945. The third kappa shape index (κ3) is 3.17. The molecule has 17 heavy (non-hydrogen) atoms. The van der Waals surface area contributed by atoms with Crippen LogP contribution in [0.5, 0.6) is 5.75 Å². The van der Waals surface area contributed by atoms with Crippen LogP contribution < -0.4 is 10.6 Å². The molecule has 0 bridgehead atoms. The second-order valence-electron chi connectivity index (χ2n) is 4.25. The van der Waals surface area contributed by atoms with Crippen LogP contribution in [-0.2, 0) is 0 Å². The van der Waals surface area contributed by atoms with Crippen LogP contribution in [0, 0.1) is 0 Å². The van der Waals surface area contributed by atoms with Gasteiger partial charge in [-0.15, -0.1) is 0 Å². The molecule has 5 heteroatoms. The minimum Gasteiger partial charge on any atom is -0.505 e. The molecule has 0 spiro atoms. The number of hydrogen-bond acceptors (Lipinski definition) is 4. The number of rotatable bonds is 3. The quantitative estimate of drug-likeness (QED) is 0.719. The second kappa shape index (κ2) is 5.63. The van der Waals surface area contributed by atoms with Gasteiger partial charge in [0.05, 0.1) is 11.8 Å². The Balaban J connectivity index is 1.87. The third-order valence-corrected chi connectivity index (χ3v) is 2.97. The predicted molar refractivity (Wildman–Crippen MR) is 63.9 cm³/mol. The molecule has 1 unspecified atom stereocenters. The number of aromatic hydroxyl groups is 1. The zero-order valence-corrected chi connectivity index (χ0v) is 9.65. The molecular weight excluding hydrogens is 218 g/mol. The predicted octanol–water partition coefficient (Wildman–Crippen LogP) is 0.659. The molecule has 0 radical (unpaired) electrons. The monoisotopic (exact) mass is 235 g/mol. The highest BCUT2D eigenvalue weighted by atomic mass is 16.3. The molecule has 0 saturated carbocycles. The maximum Gasteiger partial charge on any atom is 0.255 e. The lowest BCUT2D eigenvalue weighted by Gasteiger charge is -2.23. The van der Waals surface area contributed by atoms with Crippen LogP contribution in [0.15, 0.2) is 18.5 Å². The van der Waals surface area contributed by atoms with Crippen LogP contribution >= 0.6 is 0 Å². The van der Waals surface area contributed by atoms with Crippen molar-refractivity contribution in [2.75, 3.05) is 13.1 Å². The van der Waals surface area contributed by atoms with E-state index < -0.39 is 0 Å². The summed E-state index contributed by atoms with van der Waals surface area (Å²) in [5.41, 5.74) is 0.274. The number of carbonyl (C=O) groups is 1. The molecular formula is C12H17N3O2. The largest absolute Gasteiger partial charge is 0.505 e. The summed E-state index contributed by atoms with van der Waals surface area (Å²) in [4.78, 5) is 15.5. The molecule has 1 aliphatic rings. The normalized spacial score (nSPS) is 19.9. The van der Waals surface area contributed by atoms with Gasteiger partial charge in [0.2, 0.25) is 0 Å². The van der Waals surface area contributed by atoms with E-state index in [0.717, 1.165) is 13.0 Å². The van der Waals surface area contributed by atoms with Crippen molar-refractivity contribution < 1.29 is 9.90 Å². The number of pyridine rings is 1. The summed E-state index contributed by atoms with van der Waals surface area (Å²) in [6.07, 6.45) is 6.26. The Morgan fingerprint density at radius 2 is 2.47 bits per heavy atom. The Bertz CT molecular complexity index is 389. The van der Waals surface area contributed by atoms with Crippen LogP contribution in [0.1, 0.15) is 29.6 Å². The van der Waals surface area contributed by atoms with Gasteiger partial charge in [-0.1, -0.05) is 6.42 Å². The number of nitrogens with one attached hydrogen (secondary N) is 2. The van der Waals surface area contributed by atoms with E-state index >= 15 is 0 Å². The molecule has 5 nitrogen and oxygen atoms in total. The Labute approximate surface area is 100 Å². The molecule has 0 aliphatic carbocycles. The van der Waals surface area contributed by atoms with Crippen molar-refractivity contribution in [3.8, 4) is 5.75 Å². The van der Waals surface area contributed by atoms with Gasteiger partial charge in [-0.3, -0.25) is 9.78 Å². The summed E-state index contributed by atoms with van der Waals surface area (Å²) >= 11 is 0. The van der Waals surface area contributed by atoms with Gasteiger partial charge in [-0.05, 0) is 25.5 Å². The zero-order chi connectivity index (χ0) is 12.1. The molecule has 1 aromatic heterocycles. The van der Waals surface area contributed by atoms with E-state index in [2.05, 4.69) is 15.6 Å². The van der Waals surface area contributed by atoms with E-state index in [1.165, 1.54) is 31.3 Å². The molecule has 0 aromatic carbocycles. The summed E-state index contributed by atoms with van der Waals surface area (Å²) in [5, 5.41) is 15.7. The minimum absolute atomic E-state index is 0.0818. The average Bonchev–Trinajstić information content (AvgIpc) is 2.38.